The number of aliphatic carboxylic acids is 1. The normalized spacial score (nSPS) is 27.2. The maximum absolute atomic E-state index is 12.6. The lowest BCUT2D eigenvalue weighted by atomic mass is 9.75. The number of carbonyl (C=O) groups excluding carboxylic acids is 1. The minimum absolute atomic E-state index is 0.0311. The van der Waals surface area contributed by atoms with E-state index in [1.54, 1.807) is 0 Å². The fourth-order valence-corrected chi connectivity index (χ4v) is 5.78. The monoisotopic (exact) mass is 391 g/mol. The van der Waals surface area contributed by atoms with Crippen molar-refractivity contribution in [3.8, 4) is 11.1 Å². The zero-order chi connectivity index (χ0) is 20.0. The summed E-state index contributed by atoms with van der Waals surface area (Å²) in [6, 6.07) is 16.3. The molecule has 0 radical (unpaired) electrons. The summed E-state index contributed by atoms with van der Waals surface area (Å²) in [5.41, 5.74) is 3.44. The lowest BCUT2D eigenvalue weighted by Gasteiger charge is -2.37. The van der Waals surface area contributed by atoms with Gasteiger partial charge < -0.3 is 15.2 Å². The Morgan fingerprint density at radius 3 is 2.07 bits per heavy atom. The first kappa shape index (κ1) is 18.2. The van der Waals surface area contributed by atoms with Crippen LogP contribution in [-0.2, 0) is 9.53 Å². The van der Waals surface area contributed by atoms with E-state index in [2.05, 4.69) is 29.6 Å². The standard InChI is InChI=1S/C24H25NO4/c26-22(27)24(12-15-9-10-16(11-15)13-24)25-23(28)29-14-21-19-7-3-1-5-17(19)18-6-2-4-8-20(18)21/h1-8,15-16,21H,9-14H2,(H,25,28)(H,26,27)/t15-,16+,24?. The molecule has 2 fully saturated rings. The second-order valence-corrected chi connectivity index (χ2v) is 8.79. The summed E-state index contributed by atoms with van der Waals surface area (Å²) >= 11 is 0. The van der Waals surface area contributed by atoms with Crippen LogP contribution >= 0.6 is 0 Å². The first-order chi connectivity index (χ1) is 14.1. The van der Waals surface area contributed by atoms with E-state index in [4.69, 9.17) is 4.74 Å². The van der Waals surface area contributed by atoms with Crippen LogP contribution in [0.25, 0.3) is 11.1 Å². The van der Waals surface area contributed by atoms with Crippen LogP contribution in [0, 0.1) is 11.8 Å². The van der Waals surface area contributed by atoms with Gasteiger partial charge in [-0.15, -0.1) is 0 Å². The molecule has 2 aromatic rings. The van der Waals surface area contributed by atoms with Gasteiger partial charge in [-0.3, -0.25) is 0 Å². The molecule has 29 heavy (non-hydrogen) atoms. The van der Waals surface area contributed by atoms with Gasteiger partial charge in [-0.25, -0.2) is 9.59 Å². The summed E-state index contributed by atoms with van der Waals surface area (Å²) in [6.07, 6.45) is 3.58. The molecule has 150 valence electrons. The maximum atomic E-state index is 12.6. The maximum Gasteiger partial charge on any atom is 0.408 e. The number of nitrogens with one attached hydrogen (secondary N) is 1. The first-order valence-corrected chi connectivity index (χ1v) is 10.4. The van der Waals surface area contributed by atoms with Crippen LogP contribution in [0.15, 0.2) is 48.5 Å². The highest BCUT2D eigenvalue weighted by Crippen LogP contribution is 2.47. The molecule has 5 nitrogen and oxygen atoms in total. The van der Waals surface area contributed by atoms with Gasteiger partial charge in [0.1, 0.15) is 12.1 Å². The van der Waals surface area contributed by atoms with E-state index in [0.717, 1.165) is 30.4 Å². The molecule has 1 amide bonds. The summed E-state index contributed by atoms with van der Waals surface area (Å²) in [7, 11) is 0. The molecule has 5 heteroatoms. The minimum atomic E-state index is -1.19. The van der Waals surface area contributed by atoms with Gasteiger partial charge in [0.25, 0.3) is 0 Å². The number of benzene rings is 2. The van der Waals surface area contributed by atoms with Crippen LogP contribution in [0.3, 0.4) is 0 Å². The third kappa shape index (κ3) is 3.09. The van der Waals surface area contributed by atoms with Crippen molar-refractivity contribution >= 4 is 12.1 Å². The number of carbonyl (C=O) groups is 2. The van der Waals surface area contributed by atoms with Crippen molar-refractivity contribution in [2.24, 2.45) is 11.8 Å². The Balaban J connectivity index is 1.31. The second-order valence-electron chi connectivity index (χ2n) is 8.79. The summed E-state index contributed by atoms with van der Waals surface area (Å²) in [5.74, 6) is -0.198. The zero-order valence-electron chi connectivity index (χ0n) is 16.3. The van der Waals surface area contributed by atoms with Crippen LogP contribution in [0.4, 0.5) is 4.79 Å². The number of fused-ring (bicyclic) bond motifs is 5. The predicted octanol–water partition coefficient (Wildman–Crippen LogP) is 4.56. The van der Waals surface area contributed by atoms with Gasteiger partial charge in [-0.2, -0.15) is 0 Å². The Morgan fingerprint density at radius 1 is 0.966 bits per heavy atom. The Bertz CT molecular complexity index is 911. The number of carboxylic acids is 1. The van der Waals surface area contributed by atoms with Crippen LogP contribution in [-0.4, -0.2) is 29.3 Å². The van der Waals surface area contributed by atoms with Crippen LogP contribution in [0.1, 0.15) is 49.1 Å². The molecule has 2 bridgehead atoms. The molecule has 3 atom stereocenters. The highest BCUT2D eigenvalue weighted by molar-refractivity contribution is 5.85. The highest BCUT2D eigenvalue weighted by atomic mass is 16.5. The molecule has 0 aromatic heterocycles. The second kappa shape index (κ2) is 6.90. The number of carboxylic acid groups (broad SMARTS) is 1. The summed E-state index contributed by atoms with van der Waals surface area (Å²) in [6.45, 7) is 0.197. The van der Waals surface area contributed by atoms with Gasteiger partial charge in [0.05, 0.1) is 0 Å². The Labute approximate surface area is 170 Å². The van der Waals surface area contributed by atoms with E-state index < -0.39 is 17.6 Å². The fourth-order valence-electron chi connectivity index (χ4n) is 5.78. The van der Waals surface area contributed by atoms with Crippen molar-refractivity contribution < 1.29 is 19.4 Å². The minimum Gasteiger partial charge on any atom is -0.480 e. The third-order valence-corrected chi connectivity index (χ3v) is 7.02. The van der Waals surface area contributed by atoms with Gasteiger partial charge >= 0.3 is 12.1 Å². The quantitative estimate of drug-likeness (QED) is 0.801. The lowest BCUT2D eigenvalue weighted by Crippen LogP contribution is -2.57. The molecule has 0 heterocycles. The Morgan fingerprint density at radius 2 is 1.52 bits per heavy atom. The molecule has 2 saturated carbocycles. The topological polar surface area (TPSA) is 75.6 Å². The zero-order valence-corrected chi connectivity index (χ0v) is 16.3. The van der Waals surface area contributed by atoms with Crippen LogP contribution in [0.2, 0.25) is 0 Å². The Kier molecular flexibility index (Phi) is 4.34. The molecular weight excluding hydrogens is 366 g/mol. The molecule has 1 unspecified atom stereocenters. The lowest BCUT2D eigenvalue weighted by molar-refractivity contribution is -0.147. The molecular formula is C24H25NO4. The van der Waals surface area contributed by atoms with Gasteiger partial charge in [0.2, 0.25) is 0 Å². The molecule has 5 rings (SSSR count). The van der Waals surface area contributed by atoms with E-state index in [0.29, 0.717) is 24.7 Å². The molecule has 0 spiro atoms. The number of amides is 1. The van der Waals surface area contributed by atoms with Crippen molar-refractivity contribution in [1.82, 2.24) is 5.32 Å². The molecule has 0 saturated heterocycles. The molecule has 3 aliphatic carbocycles. The molecule has 0 aliphatic heterocycles. The van der Waals surface area contributed by atoms with Crippen molar-refractivity contribution in [3.05, 3.63) is 59.7 Å². The summed E-state index contributed by atoms with van der Waals surface area (Å²) < 4.78 is 5.60. The highest BCUT2D eigenvalue weighted by Gasteiger charge is 2.50. The van der Waals surface area contributed by atoms with E-state index in [9.17, 15) is 14.7 Å². The fraction of sp³-hybridized carbons (Fsp3) is 0.417. The van der Waals surface area contributed by atoms with Crippen molar-refractivity contribution in [2.45, 2.75) is 43.6 Å². The summed E-state index contributed by atoms with van der Waals surface area (Å²) in [4.78, 5) is 24.7. The van der Waals surface area contributed by atoms with Gasteiger partial charge in [-0.1, -0.05) is 61.4 Å². The van der Waals surface area contributed by atoms with Crippen LogP contribution < -0.4 is 5.32 Å². The van der Waals surface area contributed by atoms with Crippen molar-refractivity contribution in [1.29, 1.82) is 0 Å². The first-order valence-electron chi connectivity index (χ1n) is 10.4. The average Bonchev–Trinajstić information content (AvgIpc) is 3.23. The van der Waals surface area contributed by atoms with Gasteiger partial charge in [-0.05, 0) is 53.4 Å². The van der Waals surface area contributed by atoms with E-state index in [1.165, 1.54) is 11.1 Å². The van der Waals surface area contributed by atoms with Gasteiger partial charge in [0.15, 0.2) is 0 Å². The van der Waals surface area contributed by atoms with Crippen LogP contribution in [0.5, 0.6) is 0 Å². The molecule has 2 N–H and O–H groups in total. The number of rotatable bonds is 4. The number of alkyl carbamates (subject to hydrolysis) is 1. The van der Waals surface area contributed by atoms with Gasteiger partial charge in [0, 0.05) is 5.92 Å². The molecule has 2 aromatic carbocycles. The predicted molar refractivity (Wildman–Crippen MR) is 109 cm³/mol. The van der Waals surface area contributed by atoms with Crippen molar-refractivity contribution in [3.63, 3.8) is 0 Å². The third-order valence-electron chi connectivity index (χ3n) is 7.02. The number of ether oxygens (including phenoxy) is 1. The number of hydrogen-bond donors (Lipinski definition) is 2. The van der Waals surface area contributed by atoms with E-state index in [-0.39, 0.29) is 12.5 Å². The molecule has 3 aliphatic rings. The SMILES string of the molecule is O=C(NC1(C(=O)O)C[C@@H]2CC[C@@H](C2)C1)OCC1c2ccccc2-c2ccccc21. The smallest absolute Gasteiger partial charge is 0.408 e. The van der Waals surface area contributed by atoms with E-state index in [1.807, 2.05) is 24.3 Å². The van der Waals surface area contributed by atoms with E-state index >= 15 is 0 Å². The summed E-state index contributed by atoms with van der Waals surface area (Å²) in [5, 5.41) is 12.6. The largest absolute Gasteiger partial charge is 0.480 e. The average molecular weight is 391 g/mol. The van der Waals surface area contributed by atoms with Crippen molar-refractivity contribution in [2.75, 3.05) is 6.61 Å². The number of hydrogen-bond acceptors (Lipinski definition) is 3. The Hall–Kier alpha value is -2.82.